The molecule has 0 fully saturated rings. The Balaban J connectivity index is 1.57. The minimum absolute atomic E-state index is 0.108. The Morgan fingerprint density at radius 3 is 2.43 bits per heavy atom. The third-order valence-electron chi connectivity index (χ3n) is 5.44. The number of likely N-dealkylation sites (N-methyl/N-ethyl adjacent to an activating group) is 1. The Labute approximate surface area is 175 Å². The maximum atomic E-state index is 13.3. The van der Waals surface area contributed by atoms with E-state index >= 15 is 0 Å². The molecule has 1 aromatic heterocycles. The number of rotatable bonds is 6. The SMILES string of the molecule is CC(=O)NC(Cc1c[nH]c2ccccc12)C(=O)N(C)Cc1cccc2ccccc12. The fourth-order valence-electron chi connectivity index (χ4n) is 4.00. The topological polar surface area (TPSA) is 65.2 Å². The van der Waals surface area contributed by atoms with Crippen LogP contribution in [-0.2, 0) is 22.6 Å². The summed E-state index contributed by atoms with van der Waals surface area (Å²) in [5.74, 6) is -0.324. The number of benzene rings is 3. The highest BCUT2D eigenvalue weighted by Gasteiger charge is 2.25. The van der Waals surface area contributed by atoms with Gasteiger partial charge in [-0.25, -0.2) is 0 Å². The lowest BCUT2D eigenvalue weighted by atomic mass is 10.0. The molecular weight excluding hydrogens is 374 g/mol. The van der Waals surface area contributed by atoms with Crippen LogP contribution in [0.2, 0.25) is 0 Å². The molecule has 1 atom stereocenters. The van der Waals surface area contributed by atoms with E-state index in [-0.39, 0.29) is 11.8 Å². The first-order chi connectivity index (χ1) is 14.5. The average Bonchev–Trinajstić information content (AvgIpc) is 3.15. The number of H-pyrrole nitrogens is 1. The molecule has 5 nitrogen and oxygen atoms in total. The highest BCUT2D eigenvalue weighted by molar-refractivity contribution is 5.90. The van der Waals surface area contributed by atoms with E-state index in [2.05, 4.69) is 28.5 Å². The van der Waals surface area contributed by atoms with Gasteiger partial charge in [0, 0.05) is 44.0 Å². The van der Waals surface area contributed by atoms with E-state index in [4.69, 9.17) is 0 Å². The number of fused-ring (bicyclic) bond motifs is 2. The van der Waals surface area contributed by atoms with E-state index in [0.29, 0.717) is 13.0 Å². The summed E-state index contributed by atoms with van der Waals surface area (Å²) in [4.78, 5) is 30.0. The summed E-state index contributed by atoms with van der Waals surface area (Å²) in [5, 5.41) is 6.19. The summed E-state index contributed by atoms with van der Waals surface area (Å²) in [6.45, 7) is 1.92. The minimum atomic E-state index is -0.623. The monoisotopic (exact) mass is 399 g/mol. The second kappa shape index (κ2) is 8.41. The number of nitrogens with one attached hydrogen (secondary N) is 2. The molecule has 30 heavy (non-hydrogen) atoms. The molecule has 0 aliphatic rings. The molecule has 0 bridgehead atoms. The van der Waals surface area contributed by atoms with Crippen molar-refractivity contribution < 1.29 is 9.59 Å². The van der Waals surface area contributed by atoms with Crippen molar-refractivity contribution in [2.24, 2.45) is 0 Å². The zero-order chi connectivity index (χ0) is 21.1. The largest absolute Gasteiger partial charge is 0.361 e. The van der Waals surface area contributed by atoms with E-state index in [1.165, 1.54) is 6.92 Å². The average molecular weight is 399 g/mol. The Morgan fingerprint density at radius 2 is 1.63 bits per heavy atom. The molecular formula is C25H25N3O2. The van der Waals surface area contributed by atoms with Gasteiger partial charge < -0.3 is 15.2 Å². The molecule has 4 aromatic rings. The van der Waals surface area contributed by atoms with Crippen LogP contribution in [0.15, 0.2) is 72.9 Å². The zero-order valence-corrected chi connectivity index (χ0v) is 17.2. The third-order valence-corrected chi connectivity index (χ3v) is 5.44. The quantitative estimate of drug-likeness (QED) is 0.514. The minimum Gasteiger partial charge on any atom is -0.361 e. The van der Waals surface area contributed by atoms with E-state index in [0.717, 1.165) is 32.8 Å². The number of aromatic nitrogens is 1. The lowest BCUT2D eigenvalue weighted by molar-refractivity contribution is -0.135. The molecule has 0 aliphatic carbocycles. The van der Waals surface area contributed by atoms with Crippen LogP contribution in [0.25, 0.3) is 21.7 Å². The van der Waals surface area contributed by atoms with Crippen LogP contribution in [0, 0.1) is 0 Å². The second-order valence-electron chi connectivity index (χ2n) is 7.65. The van der Waals surface area contributed by atoms with E-state index in [1.54, 1.807) is 11.9 Å². The van der Waals surface area contributed by atoms with Crippen LogP contribution in [0.3, 0.4) is 0 Å². The van der Waals surface area contributed by atoms with Crippen molar-refractivity contribution >= 4 is 33.5 Å². The number of para-hydroxylation sites is 1. The fraction of sp³-hybridized carbons (Fsp3) is 0.200. The van der Waals surface area contributed by atoms with Gasteiger partial charge in [0.1, 0.15) is 6.04 Å². The van der Waals surface area contributed by atoms with Gasteiger partial charge >= 0.3 is 0 Å². The first-order valence-electron chi connectivity index (χ1n) is 10.1. The van der Waals surface area contributed by atoms with Gasteiger partial charge in [0.15, 0.2) is 0 Å². The first-order valence-corrected chi connectivity index (χ1v) is 10.1. The van der Waals surface area contributed by atoms with Crippen molar-refractivity contribution in [3.63, 3.8) is 0 Å². The van der Waals surface area contributed by atoms with Crippen molar-refractivity contribution in [1.29, 1.82) is 0 Å². The van der Waals surface area contributed by atoms with Gasteiger partial charge in [0.05, 0.1) is 0 Å². The summed E-state index contributed by atoms with van der Waals surface area (Å²) < 4.78 is 0. The Morgan fingerprint density at radius 1 is 0.933 bits per heavy atom. The summed E-state index contributed by atoms with van der Waals surface area (Å²) in [6.07, 6.45) is 2.35. The van der Waals surface area contributed by atoms with Gasteiger partial charge in [0.2, 0.25) is 11.8 Å². The molecule has 1 heterocycles. The van der Waals surface area contributed by atoms with Gasteiger partial charge in [-0.2, -0.15) is 0 Å². The zero-order valence-electron chi connectivity index (χ0n) is 17.2. The van der Waals surface area contributed by atoms with Crippen molar-refractivity contribution in [3.8, 4) is 0 Å². The van der Waals surface area contributed by atoms with E-state index < -0.39 is 6.04 Å². The Kier molecular flexibility index (Phi) is 5.53. The predicted molar refractivity (Wildman–Crippen MR) is 120 cm³/mol. The molecule has 1 unspecified atom stereocenters. The van der Waals surface area contributed by atoms with Crippen LogP contribution in [0.5, 0.6) is 0 Å². The van der Waals surface area contributed by atoms with Crippen molar-refractivity contribution in [2.75, 3.05) is 7.05 Å². The molecule has 152 valence electrons. The number of carbonyl (C=O) groups is 2. The molecule has 0 aliphatic heterocycles. The van der Waals surface area contributed by atoms with Gasteiger partial charge in [0.25, 0.3) is 0 Å². The molecule has 2 N–H and O–H groups in total. The Hall–Kier alpha value is -3.60. The normalized spacial score (nSPS) is 12.1. The van der Waals surface area contributed by atoms with Gasteiger partial charge in [-0.05, 0) is 28.0 Å². The number of hydrogen-bond acceptors (Lipinski definition) is 2. The maximum Gasteiger partial charge on any atom is 0.245 e. The van der Waals surface area contributed by atoms with Crippen LogP contribution >= 0.6 is 0 Å². The number of hydrogen-bond donors (Lipinski definition) is 2. The van der Waals surface area contributed by atoms with Crippen LogP contribution < -0.4 is 5.32 Å². The highest BCUT2D eigenvalue weighted by Crippen LogP contribution is 2.22. The second-order valence-corrected chi connectivity index (χ2v) is 7.65. The number of carbonyl (C=O) groups excluding carboxylic acids is 2. The molecule has 0 radical (unpaired) electrons. The lowest BCUT2D eigenvalue weighted by Gasteiger charge is -2.25. The number of amides is 2. The van der Waals surface area contributed by atoms with Crippen LogP contribution in [0.1, 0.15) is 18.1 Å². The number of nitrogens with zero attached hydrogens (tertiary/aromatic N) is 1. The smallest absolute Gasteiger partial charge is 0.245 e. The standard InChI is InChI=1S/C25H25N3O2/c1-17(29)27-24(14-20-15-26-23-13-6-5-12-22(20)23)25(30)28(2)16-19-10-7-9-18-8-3-4-11-21(18)19/h3-13,15,24,26H,14,16H2,1-2H3,(H,27,29). The Bertz CT molecular complexity index is 1210. The van der Waals surface area contributed by atoms with Crippen LogP contribution in [0.4, 0.5) is 0 Å². The van der Waals surface area contributed by atoms with Crippen molar-refractivity contribution in [1.82, 2.24) is 15.2 Å². The molecule has 2 amide bonds. The highest BCUT2D eigenvalue weighted by atomic mass is 16.2. The summed E-state index contributed by atoms with van der Waals surface area (Å²) >= 11 is 0. The maximum absolute atomic E-state index is 13.3. The van der Waals surface area contributed by atoms with Crippen molar-refractivity contribution in [2.45, 2.75) is 25.9 Å². The summed E-state index contributed by atoms with van der Waals surface area (Å²) in [5.41, 5.74) is 3.11. The summed E-state index contributed by atoms with van der Waals surface area (Å²) in [7, 11) is 1.79. The summed E-state index contributed by atoms with van der Waals surface area (Å²) in [6, 6.07) is 21.6. The van der Waals surface area contributed by atoms with Crippen molar-refractivity contribution in [3.05, 3.63) is 84.1 Å². The molecule has 0 spiro atoms. The molecule has 5 heteroatoms. The molecule has 0 saturated heterocycles. The molecule has 0 saturated carbocycles. The van der Waals surface area contributed by atoms with Crippen LogP contribution in [-0.4, -0.2) is 34.8 Å². The molecule has 3 aromatic carbocycles. The van der Waals surface area contributed by atoms with E-state index in [1.807, 2.05) is 54.7 Å². The predicted octanol–water partition coefficient (Wildman–Crippen LogP) is 4.03. The molecule has 4 rings (SSSR count). The lowest BCUT2D eigenvalue weighted by Crippen LogP contribution is -2.47. The third kappa shape index (κ3) is 4.06. The van der Waals surface area contributed by atoms with Gasteiger partial charge in [-0.1, -0.05) is 60.7 Å². The fourth-order valence-corrected chi connectivity index (χ4v) is 4.00. The first kappa shape index (κ1) is 19.7. The number of aromatic amines is 1. The van der Waals surface area contributed by atoms with E-state index in [9.17, 15) is 9.59 Å². The van der Waals surface area contributed by atoms with Gasteiger partial charge in [-0.15, -0.1) is 0 Å². The van der Waals surface area contributed by atoms with Gasteiger partial charge in [-0.3, -0.25) is 9.59 Å².